The molecule has 1 heterocycles. The first kappa shape index (κ1) is 20.8. The van der Waals surface area contributed by atoms with E-state index in [1.807, 2.05) is 54.7 Å². The average Bonchev–Trinajstić information content (AvgIpc) is 2.79. The lowest BCUT2D eigenvalue weighted by Gasteiger charge is -2.18. The molecule has 1 aromatic heterocycles. The zero-order valence-corrected chi connectivity index (χ0v) is 17.9. The van der Waals surface area contributed by atoms with Crippen molar-refractivity contribution in [2.45, 2.75) is 26.3 Å². The number of carbonyl (C=O) groups is 1. The molecule has 0 fully saturated rings. The van der Waals surface area contributed by atoms with Crippen molar-refractivity contribution < 1.29 is 4.79 Å². The Morgan fingerprint density at radius 2 is 1.77 bits per heavy atom. The largest absolute Gasteiger partial charge is 0.374 e. The van der Waals surface area contributed by atoms with Crippen molar-refractivity contribution in [3.05, 3.63) is 107 Å². The second-order valence-electron chi connectivity index (χ2n) is 8.04. The van der Waals surface area contributed by atoms with Gasteiger partial charge < -0.3 is 11.1 Å². The molecule has 156 valence electrons. The van der Waals surface area contributed by atoms with Crippen LogP contribution in [0.25, 0.3) is 10.8 Å². The van der Waals surface area contributed by atoms with Crippen LogP contribution < -0.4 is 11.1 Å². The number of Topliss-reactive ketones (excluding diaryl/α,β-unsaturated/α-hetero) is 1. The van der Waals surface area contributed by atoms with Crippen LogP contribution in [0.5, 0.6) is 0 Å². The number of aromatic nitrogens is 1. The van der Waals surface area contributed by atoms with Gasteiger partial charge in [0.25, 0.3) is 0 Å². The van der Waals surface area contributed by atoms with Crippen LogP contribution in [0.3, 0.4) is 0 Å². The van der Waals surface area contributed by atoms with Crippen molar-refractivity contribution in [1.29, 1.82) is 0 Å². The zero-order valence-electron chi connectivity index (χ0n) is 17.9. The summed E-state index contributed by atoms with van der Waals surface area (Å²) in [6, 6.07) is 21.8. The molecule has 0 bridgehead atoms. The molecule has 0 amide bonds. The van der Waals surface area contributed by atoms with Crippen molar-refractivity contribution >= 4 is 22.2 Å². The smallest absolute Gasteiger partial charge is 0.186 e. The number of benzene rings is 3. The normalized spacial score (nSPS) is 12.0. The van der Waals surface area contributed by atoms with Crippen LogP contribution in [-0.4, -0.2) is 23.4 Å². The summed E-state index contributed by atoms with van der Waals surface area (Å²) >= 11 is 0. The highest BCUT2D eigenvalue weighted by atomic mass is 16.1. The van der Waals surface area contributed by atoms with Gasteiger partial charge >= 0.3 is 0 Å². The first-order valence-corrected chi connectivity index (χ1v) is 10.5. The Hall–Kier alpha value is -3.50. The van der Waals surface area contributed by atoms with Crippen LogP contribution in [0.2, 0.25) is 0 Å². The van der Waals surface area contributed by atoms with E-state index in [2.05, 4.69) is 42.3 Å². The average molecular weight is 410 g/mol. The maximum absolute atomic E-state index is 13.1. The molecule has 4 rings (SSSR count). The number of anilines is 1. The Bertz CT molecular complexity index is 1210. The number of ketones is 1. The molecule has 0 aliphatic carbocycles. The molecule has 3 aromatic carbocycles. The molecule has 0 radical (unpaired) electrons. The lowest BCUT2D eigenvalue weighted by Crippen LogP contribution is -2.36. The minimum absolute atomic E-state index is 0.00427. The summed E-state index contributed by atoms with van der Waals surface area (Å²) in [6.45, 7) is 4.47. The number of nitrogens with zero attached hydrogens (tertiary/aromatic N) is 1. The molecule has 0 saturated carbocycles. The number of pyridine rings is 1. The molecule has 0 saturated heterocycles. The molecule has 0 aliphatic heterocycles. The standard InChI is InChI=1S/C27H27N3O/c1-18-3-6-22(19(2)13-18)14-20-4-7-21(8-5-20)27(31)26(16-28)30-25-10-9-24-17-29-12-11-23(24)15-25/h3-13,15,17,26,30H,14,16,28H2,1-2H3/t26-/m0/s1. The molecule has 0 aliphatic rings. The molecule has 4 nitrogen and oxygen atoms in total. The Kier molecular flexibility index (Phi) is 6.10. The number of aryl methyl sites for hydroxylation is 2. The minimum Gasteiger partial charge on any atom is -0.374 e. The van der Waals surface area contributed by atoms with Gasteiger partial charge in [0.2, 0.25) is 0 Å². The molecular weight excluding hydrogens is 382 g/mol. The number of hydrogen-bond acceptors (Lipinski definition) is 4. The van der Waals surface area contributed by atoms with E-state index in [0.717, 1.165) is 22.9 Å². The highest BCUT2D eigenvalue weighted by Crippen LogP contribution is 2.20. The van der Waals surface area contributed by atoms with Gasteiger partial charge in [0.1, 0.15) is 6.04 Å². The Morgan fingerprint density at radius 3 is 2.52 bits per heavy atom. The summed E-state index contributed by atoms with van der Waals surface area (Å²) in [5.41, 5.74) is 12.5. The van der Waals surface area contributed by atoms with E-state index in [1.165, 1.54) is 22.3 Å². The third-order valence-corrected chi connectivity index (χ3v) is 5.66. The Morgan fingerprint density at radius 1 is 0.968 bits per heavy atom. The van der Waals surface area contributed by atoms with Gasteiger partial charge in [-0.25, -0.2) is 0 Å². The van der Waals surface area contributed by atoms with Crippen LogP contribution in [0, 0.1) is 13.8 Å². The quantitative estimate of drug-likeness (QED) is 0.419. The van der Waals surface area contributed by atoms with Crippen molar-refractivity contribution in [3.63, 3.8) is 0 Å². The summed E-state index contributed by atoms with van der Waals surface area (Å²) in [5, 5.41) is 5.42. The topological polar surface area (TPSA) is 68.0 Å². The monoisotopic (exact) mass is 409 g/mol. The Balaban J connectivity index is 1.47. The van der Waals surface area contributed by atoms with Gasteiger partial charge in [-0.3, -0.25) is 9.78 Å². The molecule has 4 aromatic rings. The lowest BCUT2D eigenvalue weighted by molar-refractivity contribution is 0.0972. The van der Waals surface area contributed by atoms with Crippen LogP contribution in [0.1, 0.15) is 32.6 Å². The van der Waals surface area contributed by atoms with E-state index >= 15 is 0 Å². The maximum Gasteiger partial charge on any atom is 0.186 e. The molecule has 0 unspecified atom stereocenters. The fourth-order valence-corrected chi connectivity index (χ4v) is 3.86. The van der Waals surface area contributed by atoms with Gasteiger partial charge in [-0.2, -0.15) is 0 Å². The number of nitrogens with two attached hydrogens (primary N) is 1. The Labute approximate surface area is 183 Å². The van der Waals surface area contributed by atoms with Crippen molar-refractivity contribution in [1.82, 2.24) is 4.98 Å². The van der Waals surface area contributed by atoms with Gasteiger partial charge in [0, 0.05) is 35.6 Å². The van der Waals surface area contributed by atoms with Crippen LogP contribution in [0.4, 0.5) is 5.69 Å². The van der Waals surface area contributed by atoms with E-state index in [4.69, 9.17) is 5.73 Å². The highest BCUT2D eigenvalue weighted by molar-refractivity contribution is 6.02. The SMILES string of the molecule is Cc1ccc(Cc2ccc(C(=O)[C@H](CN)Nc3ccc4cnccc4c3)cc2)c(C)c1. The van der Waals surface area contributed by atoms with E-state index < -0.39 is 6.04 Å². The second kappa shape index (κ2) is 9.11. The van der Waals surface area contributed by atoms with Gasteiger partial charge in [-0.1, -0.05) is 54.1 Å². The maximum atomic E-state index is 13.1. The highest BCUT2D eigenvalue weighted by Gasteiger charge is 2.18. The summed E-state index contributed by atoms with van der Waals surface area (Å²) in [6.07, 6.45) is 4.44. The molecule has 31 heavy (non-hydrogen) atoms. The molecule has 3 N–H and O–H groups in total. The number of carbonyl (C=O) groups excluding carboxylic acids is 1. The third-order valence-electron chi connectivity index (χ3n) is 5.66. The first-order valence-electron chi connectivity index (χ1n) is 10.5. The second-order valence-corrected chi connectivity index (χ2v) is 8.04. The molecular formula is C27H27N3O. The molecule has 1 atom stereocenters. The van der Waals surface area contributed by atoms with Crippen molar-refractivity contribution in [2.24, 2.45) is 5.73 Å². The minimum atomic E-state index is -0.482. The van der Waals surface area contributed by atoms with Crippen LogP contribution >= 0.6 is 0 Å². The number of fused-ring (bicyclic) bond motifs is 1. The first-order chi connectivity index (χ1) is 15.0. The number of rotatable bonds is 7. The van der Waals surface area contributed by atoms with Crippen molar-refractivity contribution in [2.75, 3.05) is 11.9 Å². The van der Waals surface area contributed by atoms with Crippen molar-refractivity contribution in [3.8, 4) is 0 Å². The molecule has 4 heteroatoms. The van der Waals surface area contributed by atoms with Crippen LogP contribution in [0.15, 0.2) is 79.1 Å². The fraction of sp³-hybridized carbons (Fsp3) is 0.185. The van der Waals surface area contributed by atoms with E-state index in [1.54, 1.807) is 6.20 Å². The predicted molar refractivity (Wildman–Crippen MR) is 128 cm³/mol. The lowest BCUT2D eigenvalue weighted by atomic mass is 9.96. The van der Waals surface area contributed by atoms with Gasteiger partial charge in [0.15, 0.2) is 5.78 Å². The summed E-state index contributed by atoms with van der Waals surface area (Å²) in [5.74, 6) is -0.00427. The summed E-state index contributed by atoms with van der Waals surface area (Å²) in [4.78, 5) is 17.2. The van der Waals surface area contributed by atoms with Gasteiger partial charge in [-0.05, 0) is 60.5 Å². The van der Waals surface area contributed by atoms with E-state index in [9.17, 15) is 4.79 Å². The van der Waals surface area contributed by atoms with E-state index in [-0.39, 0.29) is 12.3 Å². The fourth-order valence-electron chi connectivity index (χ4n) is 3.86. The van der Waals surface area contributed by atoms with Gasteiger partial charge in [-0.15, -0.1) is 0 Å². The van der Waals surface area contributed by atoms with Crippen LogP contribution in [-0.2, 0) is 6.42 Å². The summed E-state index contributed by atoms with van der Waals surface area (Å²) in [7, 11) is 0. The molecule has 0 spiro atoms. The zero-order chi connectivity index (χ0) is 21.8. The van der Waals surface area contributed by atoms with Gasteiger partial charge in [0.05, 0.1) is 0 Å². The summed E-state index contributed by atoms with van der Waals surface area (Å²) < 4.78 is 0. The number of hydrogen-bond donors (Lipinski definition) is 2. The predicted octanol–water partition coefficient (Wildman–Crippen LogP) is 5.06. The number of nitrogens with one attached hydrogen (secondary N) is 1. The van der Waals surface area contributed by atoms with E-state index in [0.29, 0.717) is 5.56 Å². The third kappa shape index (κ3) is 4.81.